The van der Waals surface area contributed by atoms with Crippen molar-refractivity contribution in [3.8, 4) is 0 Å². The van der Waals surface area contributed by atoms with Crippen LogP contribution in [-0.4, -0.2) is 18.1 Å². The lowest BCUT2D eigenvalue weighted by molar-refractivity contribution is -0.155. The van der Waals surface area contributed by atoms with Gasteiger partial charge in [0, 0.05) is 5.56 Å². The molecule has 0 aliphatic heterocycles. The van der Waals surface area contributed by atoms with Gasteiger partial charge in [-0.2, -0.15) is 13.2 Å². The predicted molar refractivity (Wildman–Crippen MR) is 77.1 cm³/mol. The quantitative estimate of drug-likeness (QED) is 0.692. The molecule has 5 heteroatoms. The molecule has 0 bridgehead atoms. The smallest absolute Gasteiger partial charge is 0.340 e. The van der Waals surface area contributed by atoms with E-state index in [1.807, 2.05) is 0 Å². The van der Waals surface area contributed by atoms with Crippen LogP contribution >= 0.6 is 0 Å². The molecule has 118 valence electrons. The van der Waals surface area contributed by atoms with Gasteiger partial charge in [0.2, 0.25) is 0 Å². The molecule has 0 radical (unpaired) electrons. The van der Waals surface area contributed by atoms with Crippen LogP contribution in [0.2, 0.25) is 0 Å². The van der Waals surface area contributed by atoms with Crippen molar-refractivity contribution in [2.45, 2.75) is 57.7 Å². The van der Waals surface area contributed by atoms with Crippen molar-refractivity contribution in [3.63, 3.8) is 0 Å². The first-order valence-corrected chi connectivity index (χ1v) is 7.37. The van der Waals surface area contributed by atoms with Crippen molar-refractivity contribution in [3.05, 3.63) is 35.9 Å². The van der Waals surface area contributed by atoms with Crippen molar-refractivity contribution in [2.24, 2.45) is 0 Å². The average molecular weight is 301 g/mol. The molecular weight excluding hydrogens is 279 g/mol. The zero-order chi connectivity index (χ0) is 15.7. The van der Waals surface area contributed by atoms with Crippen molar-refractivity contribution >= 4 is 5.91 Å². The number of benzene rings is 1. The van der Waals surface area contributed by atoms with Crippen LogP contribution in [0.3, 0.4) is 0 Å². The molecule has 1 aromatic carbocycles. The SMILES string of the molecule is CCCCCCC[C@H](NC(=O)c1ccccc1)C(F)(F)F. The molecule has 1 amide bonds. The second-order valence-corrected chi connectivity index (χ2v) is 5.14. The fraction of sp³-hybridized carbons (Fsp3) is 0.562. The van der Waals surface area contributed by atoms with Crippen molar-refractivity contribution in [1.29, 1.82) is 0 Å². The summed E-state index contributed by atoms with van der Waals surface area (Å²) < 4.78 is 38.9. The maximum absolute atomic E-state index is 13.0. The van der Waals surface area contributed by atoms with Crippen LogP contribution in [-0.2, 0) is 0 Å². The predicted octanol–water partition coefficient (Wildman–Crippen LogP) is 4.71. The molecule has 1 N–H and O–H groups in total. The van der Waals surface area contributed by atoms with Gasteiger partial charge in [0.15, 0.2) is 0 Å². The standard InChI is InChI=1S/C16H22F3NO/c1-2-3-4-5-9-12-14(16(17,18)19)20-15(21)13-10-7-6-8-11-13/h6-8,10-11,14H,2-5,9,12H2,1H3,(H,20,21)/t14-/m0/s1. The zero-order valence-electron chi connectivity index (χ0n) is 12.2. The van der Waals surface area contributed by atoms with E-state index in [9.17, 15) is 18.0 Å². The minimum absolute atomic E-state index is 0.0637. The number of rotatable bonds is 8. The van der Waals surface area contributed by atoms with E-state index < -0.39 is 18.1 Å². The Bertz CT molecular complexity index is 417. The van der Waals surface area contributed by atoms with E-state index in [1.165, 1.54) is 12.1 Å². The highest BCUT2D eigenvalue weighted by Gasteiger charge is 2.40. The summed E-state index contributed by atoms with van der Waals surface area (Å²) in [6.45, 7) is 2.05. The van der Waals surface area contributed by atoms with Gasteiger partial charge in [-0.05, 0) is 18.6 Å². The maximum Gasteiger partial charge on any atom is 0.408 e. The van der Waals surface area contributed by atoms with Gasteiger partial charge in [0.25, 0.3) is 5.91 Å². The van der Waals surface area contributed by atoms with E-state index >= 15 is 0 Å². The Balaban J connectivity index is 2.52. The molecule has 0 saturated heterocycles. The summed E-state index contributed by atoms with van der Waals surface area (Å²) in [6.07, 6.45) is -0.212. The number of unbranched alkanes of at least 4 members (excludes halogenated alkanes) is 4. The molecule has 0 aliphatic rings. The van der Waals surface area contributed by atoms with E-state index in [1.54, 1.807) is 18.2 Å². The molecule has 0 aromatic heterocycles. The van der Waals surface area contributed by atoms with E-state index in [4.69, 9.17) is 0 Å². The van der Waals surface area contributed by atoms with E-state index in [0.717, 1.165) is 25.7 Å². The fourth-order valence-electron chi connectivity index (χ4n) is 2.10. The Morgan fingerprint density at radius 3 is 2.29 bits per heavy atom. The number of alkyl halides is 3. The Labute approximate surface area is 123 Å². The molecule has 21 heavy (non-hydrogen) atoms. The minimum atomic E-state index is -4.41. The highest BCUT2D eigenvalue weighted by atomic mass is 19.4. The molecule has 0 aliphatic carbocycles. The van der Waals surface area contributed by atoms with Crippen molar-refractivity contribution < 1.29 is 18.0 Å². The first-order chi connectivity index (χ1) is 9.95. The zero-order valence-corrected chi connectivity index (χ0v) is 12.2. The van der Waals surface area contributed by atoms with Gasteiger partial charge in [-0.3, -0.25) is 4.79 Å². The normalized spacial score (nSPS) is 13.0. The second kappa shape index (κ2) is 8.70. The van der Waals surface area contributed by atoms with Gasteiger partial charge in [0.05, 0.1) is 0 Å². The number of nitrogens with one attached hydrogen (secondary N) is 1. The second-order valence-electron chi connectivity index (χ2n) is 5.14. The number of hydrogen-bond acceptors (Lipinski definition) is 1. The van der Waals surface area contributed by atoms with Crippen LogP contribution in [0.5, 0.6) is 0 Å². The van der Waals surface area contributed by atoms with Gasteiger partial charge in [-0.25, -0.2) is 0 Å². The molecule has 2 nitrogen and oxygen atoms in total. The maximum atomic E-state index is 13.0. The first-order valence-electron chi connectivity index (χ1n) is 7.37. The van der Waals surface area contributed by atoms with E-state index in [-0.39, 0.29) is 12.0 Å². The summed E-state index contributed by atoms with van der Waals surface area (Å²) in [5.74, 6) is -0.675. The van der Waals surface area contributed by atoms with Crippen LogP contribution in [0.25, 0.3) is 0 Å². The lowest BCUT2D eigenvalue weighted by Gasteiger charge is -2.21. The van der Waals surface area contributed by atoms with Crippen LogP contribution in [0.1, 0.15) is 55.8 Å². The first kappa shape index (κ1) is 17.5. The summed E-state index contributed by atoms with van der Waals surface area (Å²) in [6, 6.07) is 6.21. The third-order valence-corrected chi connectivity index (χ3v) is 3.33. The molecule has 0 unspecified atom stereocenters. The van der Waals surface area contributed by atoms with Gasteiger partial charge in [-0.1, -0.05) is 57.2 Å². The largest absolute Gasteiger partial charge is 0.408 e. The Kier molecular flexibility index (Phi) is 7.26. The highest BCUT2D eigenvalue weighted by Crippen LogP contribution is 2.25. The highest BCUT2D eigenvalue weighted by molar-refractivity contribution is 5.94. The molecule has 0 fully saturated rings. The summed E-state index contributed by atoms with van der Waals surface area (Å²) in [5, 5.41) is 2.10. The van der Waals surface area contributed by atoms with Gasteiger partial charge >= 0.3 is 6.18 Å². The minimum Gasteiger partial charge on any atom is -0.340 e. The van der Waals surface area contributed by atoms with Crippen LogP contribution in [0, 0.1) is 0 Å². The third kappa shape index (κ3) is 6.65. The Hall–Kier alpha value is -1.52. The summed E-state index contributed by atoms with van der Waals surface area (Å²) >= 11 is 0. The van der Waals surface area contributed by atoms with Gasteiger partial charge < -0.3 is 5.32 Å². The van der Waals surface area contributed by atoms with Crippen LogP contribution in [0.4, 0.5) is 13.2 Å². The third-order valence-electron chi connectivity index (χ3n) is 3.33. The topological polar surface area (TPSA) is 29.1 Å². The van der Waals surface area contributed by atoms with Crippen LogP contribution < -0.4 is 5.32 Å². The lowest BCUT2D eigenvalue weighted by atomic mass is 10.1. The molecule has 0 heterocycles. The summed E-state index contributed by atoms with van der Waals surface area (Å²) in [4.78, 5) is 11.8. The number of carbonyl (C=O) groups is 1. The van der Waals surface area contributed by atoms with Gasteiger partial charge in [-0.15, -0.1) is 0 Å². The fourth-order valence-corrected chi connectivity index (χ4v) is 2.10. The number of amides is 1. The molecule has 0 saturated carbocycles. The number of hydrogen-bond donors (Lipinski definition) is 1. The summed E-state index contributed by atoms with van der Waals surface area (Å²) in [7, 11) is 0. The van der Waals surface area contributed by atoms with Gasteiger partial charge in [0.1, 0.15) is 6.04 Å². The Morgan fingerprint density at radius 1 is 1.10 bits per heavy atom. The molecule has 1 rings (SSSR count). The molecule has 1 aromatic rings. The monoisotopic (exact) mass is 301 g/mol. The molecular formula is C16H22F3NO. The van der Waals surface area contributed by atoms with E-state index in [2.05, 4.69) is 12.2 Å². The average Bonchev–Trinajstić information content (AvgIpc) is 2.45. The van der Waals surface area contributed by atoms with E-state index in [0.29, 0.717) is 6.42 Å². The Morgan fingerprint density at radius 2 is 1.71 bits per heavy atom. The number of halogens is 3. The molecule has 1 atom stereocenters. The molecule has 0 spiro atoms. The number of carbonyl (C=O) groups excluding carboxylic acids is 1. The van der Waals surface area contributed by atoms with Crippen molar-refractivity contribution in [2.75, 3.05) is 0 Å². The lowest BCUT2D eigenvalue weighted by Crippen LogP contribution is -2.45. The summed E-state index contributed by atoms with van der Waals surface area (Å²) in [5.41, 5.74) is 0.248. The van der Waals surface area contributed by atoms with Crippen LogP contribution in [0.15, 0.2) is 30.3 Å². The van der Waals surface area contributed by atoms with Crippen molar-refractivity contribution in [1.82, 2.24) is 5.32 Å².